The Bertz CT molecular complexity index is 767. The minimum atomic E-state index is -1.05. The molecule has 0 aromatic heterocycles. The van der Waals surface area contributed by atoms with Crippen molar-refractivity contribution in [2.45, 2.75) is 13.0 Å². The van der Waals surface area contributed by atoms with Crippen LogP contribution in [0.1, 0.15) is 28.9 Å². The van der Waals surface area contributed by atoms with Gasteiger partial charge in [-0.2, -0.15) is 0 Å². The summed E-state index contributed by atoms with van der Waals surface area (Å²) in [5.74, 6) is -3.48. The second-order valence-corrected chi connectivity index (χ2v) is 5.42. The summed E-state index contributed by atoms with van der Waals surface area (Å²) in [6.45, 7) is 1.13. The third-order valence-corrected chi connectivity index (χ3v) is 3.58. The number of nitrogens with one attached hydrogen (secondary N) is 1. The first-order chi connectivity index (χ1) is 11.4. The summed E-state index contributed by atoms with van der Waals surface area (Å²) >= 11 is 6.03. The highest BCUT2D eigenvalue weighted by Gasteiger charge is 2.17. The van der Waals surface area contributed by atoms with Gasteiger partial charge in [0, 0.05) is 11.1 Å². The van der Waals surface area contributed by atoms with E-state index in [2.05, 4.69) is 5.32 Å². The zero-order chi connectivity index (χ0) is 17.7. The summed E-state index contributed by atoms with van der Waals surface area (Å²) < 4.78 is 31.0. The number of hydrogen-bond acceptors (Lipinski definition) is 3. The lowest BCUT2D eigenvalue weighted by atomic mass is 10.1. The van der Waals surface area contributed by atoms with Crippen LogP contribution in [0.25, 0.3) is 0 Å². The highest BCUT2D eigenvalue weighted by molar-refractivity contribution is 6.31. The Hall–Kier alpha value is -2.47. The first-order valence-electron chi connectivity index (χ1n) is 7.04. The van der Waals surface area contributed by atoms with Crippen LogP contribution in [-0.4, -0.2) is 18.5 Å². The van der Waals surface area contributed by atoms with E-state index in [9.17, 15) is 18.4 Å². The van der Waals surface area contributed by atoms with Crippen LogP contribution in [0.3, 0.4) is 0 Å². The quantitative estimate of drug-likeness (QED) is 0.835. The molecule has 2 rings (SSSR count). The molecule has 4 nitrogen and oxygen atoms in total. The predicted molar refractivity (Wildman–Crippen MR) is 84.7 cm³/mol. The fourth-order valence-electron chi connectivity index (χ4n) is 2.05. The van der Waals surface area contributed by atoms with E-state index in [1.165, 1.54) is 0 Å². The zero-order valence-corrected chi connectivity index (χ0v) is 13.4. The van der Waals surface area contributed by atoms with Gasteiger partial charge >= 0.3 is 5.97 Å². The lowest BCUT2D eigenvalue weighted by molar-refractivity contribution is -0.124. The molecule has 0 spiro atoms. The Morgan fingerprint density at radius 1 is 1.21 bits per heavy atom. The van der Waals surface area contributed by atoms with Crippen LogP contribution >= 0.6 is 11.6 Å². The van der Waals surface area contributed by atoms with Gasteiger partial charge in [-0.3, -0.25) is 4.79 Å². The van der Waals surface area contributed by atoms with Crippen molar-refractivity contribution in [1.29, 1.82) is 0 Å². The van der Waals surface area contributed by atoms with Gasteiger partial charge in [0.1, 0.15) is 11.6 Å². The molecule has 0 saturated carbocycles. The number of hydrogen-bond donors (Lipinski definition) is 1. The molecule has 0 aliphatic heterocycles. The van der Waals surface area contributed by atoms with Gasteiger partial charge in [-0.25, -0.2) is 13.6 Å². The van der Waals surface area contributed by atoms with E-state index in [-0.39, 0.29) is 0 Å². The van der Waals surface area contributed by atoms with E-state index in [4.69, 9.17) is 16.3 Å². The van der Waals surface area contributed by atoms with E-state index >= 15 is 0 Å². The molecule has 1 amide bonds. The van der Waals surface area contributed by atoms with E-state index in [0.29, 0.717) is 16.7 Å². The molecule has 0 radical (unpaired) electrons. The number of carbonyl (C=O) groups excluding carboxylic acids is 2. The number of ether oxygens (including phenoxy) is 1. The van der Waals surface area contributed by atoms with Crippen LogP contribution < -0.4 is 5.32 Å². The molecule has 126 valence electrons. The monoisotopic (exact) mass is 353 g/mol. The van der Waals surface area contributed by atoms with Gasteiger partial charge in [-0.05, 0) is 30.7 Å². The van der Waals surface area contributed by atoms with Crippen molar-refractivity contribution < 1.29 is 23.1 Å². The highest BCUT2D eigenvalue weighted by Crippen LogP contribution is 2.22. The highest BCUT2D eigenvalue weighted by atomic mass is 35.5. The maximum absolute atomic E-state index is 13.4. The van der Waals surface area contributed by atoms with Gasteiger partial charge in [-0.15, -0.1) is 0 Å². The first-order valence-corrected chi connectivity index (χ1v) is 7.42. The number of carbonyl (C=O) groups is 2. The standard InChI is InChI=1S/C17H14ClF2NO3/c1-10(12-4-2-3-5-14(12)18)21-16(22)9-24-17(23)13-7-6-11(19)8-15(13)20/h2-8,10H,9H2,1H3,(H,21,22)/t10-/m0/s1. The van der Waals surface area contributed by atoms with Crippen molar-refractivity contribution in [3.05, 3.63) is 70.2 Å². The lowest BCUT2D eigenvalue weighted by Crippen LogP contribution is -2.31. The molecule has 0 unspecified atom stereocenters. The molecular weight excluding hydrogens is 340 g/mol. The Morgan fingerprint density at radius 3 is 2.58 bits per heavy atom. The molecule has 1 atom stereocenters. The van der Waals surface area contributed by atoms with Crippen molar-refractivity contribution in [2.24, 2.45) is 0 Å². The topological polar surface area (TPSA) is 55.4 Å². The van der Waals surface area contributed by atoms with Crippen LogP contribution in [0.2, 0.25) is 5.02 Å². The summed E-state index contributed by atoms with van der Waals surface area (Å²) in [7, 11) is 0. The average Bonchev–Trinajstić information content (AvgIpc) is 2.53. The van der Waals surface area contributed by atoms with E-state index in [1.54, 1.807) is 31.2 Å². The minimum absolute atomic E-state index is 0.396. The normalized spacial score (nSPS) is 11.7. The van der Waals surface area contributed by atoms with Crippen LogP contribution in [-0.2, 0) is 9.53 Å². The van der Waals surface area contributed by atoms with Crippen LogP contribution in [0, 0.1) is 11.6 Å². The summed E-state index contributed by atoms with van der Waals surface area (Å²) in [6.07, 6.45) is 0. The molecular formula is C17H14ClF2NO3. The third kappa shape index (κ3) is 4.52. The van der Waals surface area contributed by atoms with Crippen LogP contribution in [0.4, 0.5) is 8.78 Å². The molecule has 0 bridgehead atoms. The van der Waals surface area contributed by atoms with Gasteiger partial charge in [0.2, 0.25) is 0 Å². The van der Waals surface area contributed by atoms with Gasteiger partial charge in [0.05, 0.1) is 11.6 Å². The molecule has 0 saturated heterocycles. The van der Waals surface area contributed by atoms with Crippen molar-refractivity contribution >= 4 is 23.5 Å². The minimum Gasteiger partial charge on any atom is -0.452 e. The predicted octanol–water partition coefficient (Wildman–Crippen LogP) is 3.65. The van der Waals surface area contributed by atoms with E-state index in [0.717, 1.165) is 12.1 Å². The van der Waals surface area contributed by atoms with Gasteiger partial charge < -0.3 is 10.1 Å². The first kappa shape index (κ1) is 17.9. The van der Waals surface area contributed by atoms with Crippen LogP contribution in [0.5, 0.6) is 0 Å². The molecule has 7 heteroatoms. The third-order valence-electron chi connectivity index (χ3n) is 3.23. The zero-order valence-electron chi connectivity index (χ0n) is 12.7. The molecule has 2 aromatic carbocycles. The molecule has 0 heterocycles. The van der Waals surface area contributed by atoms with Crippen molar-refractivity contribution in [1.82, 2.24) is 5.32 Å². The van der Waals surface area contributed by atoms with Gasteiger partial charge in [-0.1, -0.05) is 29.8 Å². The van der Waals surface area contributed by atoms with E-state index in [1.807, 2.05) is 0 Å². The summed E-state index contributed by atoms with van der Waals surface area (Å²) in [5, 5.41) is 3.11. The maximum atomic E-state index is 13.4. The van der Waals surface area contributed by atoms with Crippen molar-refractivity contribution in [3.8, 4) is 0 Å². The maximum Gasteiger partial charge on any atom is 0.341 e. The summed E-state index contributed by atoms with van der Waals surface area (Å²) in [4.78, 5) is 23.5. The summed E-state index contributed by atoms with van der Waals surface area (Å²) in [5.41, 5.74) is 0.270. The van der Waals surface area contributed by atoms with Crippen LogP contribution in [0.15, 0.2) is 42.5 Å². The molecule has 24 heavy (non-hydrogen) atoms. The smallest absolute Gasteiger partial charge is 0.341 e. The molecule has 1 N–H and O–H groups in total. The SMILES string of the molecule is C[C@H](NC(=O)COC(=O)c1ccc(F)cc1F)c1ccccc1Cl. The fourth-order valence-corrected chi connectivity index (χ4v) is 2.35. The van der Waals surface area contributed by atoms with Crippen molar-refractivity contribution in [2.75, 3.05) is 6.61 Å². The van der Waals surface area contributed by atoms with Gasteiger partial charge in [0.25, 0.3) is 5.91 Å². The number of esters is 1. The Balaban J connectivity index is 1.91. The molecule has 0 aliphatic rings. The summed E-state index contributed by atoms with van der Waals surface area (Å²) in [6, 6.07) is 9.05. The van der Waals surface area contributed by atoms with E-state index < -0.39 is 41.7 Å². The Morgan fingerprint density at radius 2 is 1.92 bits per heavy atom. The number of halogens is 3. The molecule has 0 aliphatic carbocycles. The van der Waals surface area contributed by atoms with Gasteiger partial charge in [0.15, 0.2) is 6.61 Å². The lowest BCUT2D eigenvalue weighted by Gasteiger charge is -2.15. The molecule has 0 fully saturated rings. The average molecular weight is 354 g/mol. The van der Waals surface area contributed by atoms with Crippen molar-refractivity contribution in [3.63, 3.8) is 0 Å². The number of amides is 1. The number of rotatable bonds is 5. The second-order valence-electron chi connectivity index (χ2n) is 5.01. The largest absolute Gasteiger partial charge is 0.452 e. The Labute approximate surface area is 142 Å². The fraction of sp³-hybridized carbons (Fsp3) is 0.176. The Kier molecular flexibility index (Phi) is 5.87. The number of benzene rings is 2. The molecule has 2 aromatic rings. The second kappa shape index (κ2) is 7.88.